The minimum atomic E-state index is 0.583. The van der Waals surface area contributed by atoms with E-state index in [1.165, 1.54) is 21.5 Å². The van der Waals surface area contributed by atoms with Crippen LogP contribution in [0.4, 0.5) is 0 Å². The van der Waals surface area contributed by atoms with Crippen molar-refractivity contribution in [2.45, 2.75) is 0 Å². The van der Waals surface area contributed by atoms with Gasteiger partial charge < -0.3 is 0 Å². The molecule has 10 aromatic rings. The molecule has 0 amide bonds. The Morgan fingerprint density at radius 3 is 1.62 bits per heavy atom. The van der Waals surface area contributed by atoms with Gasteiger partial charge in [-0.05, 0) is 72.1 Å². The van der Waals surface area contributed by atoms with Crippen molar-refractivity contribution >= 4 is 43.1 Å². The second kappa shape index (κ2) is 12.4. The second-order valence-corrected chi connectivity index (χ2v) is 13.1. The monoisotopic (exact) mass is 662 g/mol. The molecule has 0 spiro atoms. The summed E-state index contributed by atoms with van der Waals surface area (Å²) in [5.74, 6) is 1.80. The summed E-state index contributed by atoms with van der Waals surface area (Å²) in [6, 6.07) is 59.6. The maximum Gasteiger partial charge on any atom is 0.166 e. The standard InChI is InChI=1S/C48H30N4/c1-3-11-31(12-4-1)32-19-21-35(22-20-32)46-50-47(37-27-36-16-8-10-18-39(36)43(28-37)33-13-5-2-6-14-33)52-48(51-46)45-30-49-29-44-41-24-23-34-15-7-9-17-38(34)40(41)25-26-42(44)45/h1-30H. The van der Waals surface area contributed by atoms with Crippen LogP contribution in [0.3, 0.4) is 0 Å². The molecule has 4 heteroatoms. The number of pyridine rings is 1. The zero-order chi connectivity index (χ0) is 34.4. The van der Waals surface area contributed by atoms with Gasteiger partial charge >= 0.3 is 0 Å². The Bertz CT molecular complexity index is 2940. The van der Waals surface area contributed by atoms with Gasteiger partial charge in [0.1, 0.15) is 0 Å². The zero-order valence-electron chi connectivity index (χ0n) is 28.1. The highest BCUT2D eigenvalue weighted by Crippen LogP contribution is 2.37. The molecule has 4 nitrogen and oxygen atoms in total. The van der Waals surface area contributed by atoms with Crippen molar-refractivity contribution in [2.75, 3.05) is 0 Å². The molecule has 0 bridgehead atoms. The largest absolute Gasteiger partial charge is 0.263 e. The van der Waals surface area contributed by atoms with Gasteiger partial charge in [-0.3, -0.25) is 4.98 Å². The van der Waals surface area contributed by atoms with Crippen LogP contribution in [0.5, 0.6) is 0 Å². The lowest BCUT2D eigenvalue weighted by Crippen LogP contribution is -2.01. The number of hydrogen-bond donors (Lipinski definition) is 0. The van der Waals surface area contributed by atoms with Gasteiger partial charge in [0.25, 0.3) is 0 Å². The van der Waals surface area contributed by atoms with Gasteiger partial charge in [-0.15, -0.1) is 0 Å². The quantitative estimate of drug-likeness (QED) is 0.172. The smallest absolute Gasteiger partial charge is 0.166 e. The SMILES string of the molecule is c1ccc(-c2ccc(-c3nc(-c4cc(-c5ccccc5)c5ccccc5c4)nc(-c4cncc5c4ccc4c6ccccc6ccc54)n3)cc2)cc1. The maximum atomic E-state index is 5.22. The molecule has 0 atom stereocenters. The molecule has 0 fully saturated rings. The van der Waals surface area contributed by atoms with E-state index in [0.717, 1.165) is 60.5 Å². The average Bonchev–Trinajstić information content (AvgIpc) is 3.23. The molecular weight excluding hydrogens is 633 g/mol. The van der Waals surface area contributed by atoms with E-state index in [-0.39, 0.29) is 0 Å². The van der Waals surface area contributed by atoms with Crippen LogP contribution >= 0.6 is 0 Å². The number of benzene rings is 8. The Balaban J connectivity index is 1.20. The number of hydrogen-bond acceptors (Lipinski definition) is 4. The predicted octanol–water partition coefficient (Wildman–Crippen LogP) is 12.2. The molecular formula is C48H30N4. The minimum Gasteiger partial charge on any atom is -0.263 e. The molecule has 0 N–H and O–H groups in total. The van der Waals surface area contributed by atoms with E-state index in [1.54, 1.807) is 0 Å². The lowest BCUT2D eigenvalue weighted by molar-refractivity contribution is 1.07. The van der Waals surface area contributed by atoms with Crippen molar-refractivity contribution in [1.29, 1.82) is 0 Å². The molecule has 0 saturated heterocycles. The summed E-state index contributed by atoms with van der Waals surface area (Å²) in [7, 11) is 0. The molecule has 0 aliphatic rings. The predicted molar refractivity (Wildman–Crippen MR) is 215 cm³/mol. The van der Waals surface area contributed by atoms with Crippen molar-refractivity contribution in [3.63, 3.8) is 0 Å². The van der Waals surface area contributed by atoms with Crippen LogP contribution in [0.2, 0.25) is 0 Å². The van der Waals surface area contributed by atoms with Gasteiger partial charge in [0, 0.05) is 34.5 Å². The summed E-state index contributed by atoms with van der Waals surface area (Å²) in [5, 5.41) is 9.21. The molecule has 2 aromatic heterocycles. The lowest BCUT2D eigenvalue weighted by atomic mass is 9.95. The van der Waals surface area contributed by atoms with Gasteiger partial charge in [0.15, 0.2) is 17.5 Å². The molecule has 52 heavy (non-hydrogen) atoms. The maximum absolute atomic E-state index is 5.22. The summed E-state index contributed by atoms with van der Waals surface area (Å²) in [5.41, 5.74) is 7.28. The lowest BCUT2D eigenvalue weighted by Gasteiger charge is -2.14. The van der Waals surface area contributed by atoms with Gasteiger partial charge in [0.2, 0.25) is 0 Å². The highest BCUT2D eigenvalue weighted by atomic mass is 15.0. The van der Waals surface area contributed by atoms with E-state index in [2.05, 4.69) is 158 Å². The molecule has 2 heterocycles. The molecule has 10 rings (SSSR count). The summed E-state index contributed by atoms with van der Waals surface area (Å²) in [6.45, 7) is 0. The fourth-order valence-electron chi connectivity index (χ4n) is 7.41. The van der Waals surface area contributed by atoms with Crippen LogP contribution in [-0.2, 0) is 0 Å². The third kappa shape index (κ3) is 5.17. The Morgan fingerprint density at radius 1 is 0.269 bits per heavy atom. The third-order valence-corrected chi connectivity index (χ3v) is 10.00. The highest BCUT2D eigenvalue weighted by Gasteiger charge is 2.18. The van der Waals surface area contributed by atoms with Crippen molar-refractivity contribution < 1.29 is 0 Å². The molecule has 242 valence electrons. The van der Waals surface area contributed by atoms with E-state index in [9.17, 15) is 0 Å². The molecule has 0 saturated carbocycles. The molecule has 0 radical (unpaired) electrons. The number of fused-ring (bicyclic) bond motifs is 6. The van der Waals surface area contributed by atoms with Crippen molar-refractivity contribution in [3.05, 3.63) is 182 Å². The fourth-order valence-corrected chi connectivity index (χ4v) is 7.41. The van der Waals surface area contributed by atoms with E-state index >= 15 is 0 Å². The summed E-state index contributed by atoms with van der Waals surface area (Å²) in [4.78, 5) is 20.3. The molecule has 0 unspecified atom stereocenters. The summed E-state index contributed by atoms with van der Waals surface area (Å²) < 4.78 is 0. The van der Waals surface area contributed by atoms with Crippen LogP contribution < -0.4 is 0 Å². The van der Waals surface area contributed by atoms with Crippen LogP contribution in [-0.4, -0.2) is 19.9 Å². The average molecular weight is 663 g/mol. The number of rotatable bonds is 5. The first-order valence-electron chi connectivity index (χ1n) is 17.5. The van der Waals surface area contributed by atoms with Gasteiger partial charge in [-0.25, -0.2) is 15.0 Å². The highest BCUT2D eigenvalue weighted by molar-refractivity contribution is 6.18. The first kappa shape index (κ1) is 29.8. The topological polar surface area (TPSA) is 51.6 Å². The summed E-state index contributed by atoms with van der Waals surface area (Å²) in [6.07, 6.45) is 3.84. The van der Waals surface area contributed by atoms with Crippen molar-refractivity contribution in [1.82, 2.24) is 19.9 Å². The minimum absolute atomic E-state index is 0.583. The van der Waals surface area contributed by atoms with Gasteiger partial charge in [0.05, 0.1) is 0 Å². The summed E-state index contributed by atoms with van der Waals surface area (Å²) >= 11 is 0. The van der Waals surface area contributed by atoms with Crippen LogP contribution in [0, 0.1) is 0 Å². The van der Waals surface area contributed by atoms with E-state index < -0.39 is 0 Å². The third-order valence-electron chi connectivity index (χ3n) is 10.00. The Kier molecular flexibility index (Phi) is 7.10. The zero-order valence-corrected chi connectivity index (χ0v) is 28.1. The van der Waals surface area contributed by atoms with E-state index in [4.69, 9.17) is 19.9 Å². The first-order valence-corrected chi connectivity index (χ1v) is 17.5. The molecule has 8 aromatic carbocycles. The van der Waals surface area contributed by atoms with Crippen LogP contribution in [0.25, 0.3) is 99.5 Å². The van der Waals surface area contributed by atoms with Crippen LogP contribution in [0.15, 0.2) is 182 Å². The second-order valence-electron chi connectivity index (χ2n) is 13.1. The van der Waals surface area contributed by atoms with Crippen LogP contribution in [0.1, 0.15) is 0 Å². The van der Waals surface area contributed by atoms with Crippen molar-refractivity contribution in [3.8, 4) is 56.4 Å². The Hall–Kier alpha value is -7.04. The number of aromatic nitrogens is 4. The normalized spacial score (nSPS) is 11.5. The Labute approximate surface area is 300 Å². The molecule has 0 aliphatic carbocycles. The van der Waals surface area contributed by atoms with Gasteiger partial charge in [-0.1, -0.05) is 158 Å². The molecule has 0 aliphatic heterocycles. The first-order chi connectivity index (χ1) is 25.8. The van der Waals surface area contributed by atoms with E-state index in [1.807, 2.05) is 24.5 Å². The Morgan fingerprint density at radius 2 is 0.827 bits per heavy atom. The van der Waals surface area contributed by atoms with Gasteiger partial charge in [-0.2, -0.15) is 0 Å². The number of nitrogens with zero attached hydrogens (tertiary/aromatic N) is 4. The van der Waals surface area contributed by atoms with Crippen molar-refractivity contribution in [2.24, 2.45) is 0 Å². The van der Waals surface area contributed by atoms with E-state index in [0.29, 0.717) is 17.5 Å². The fraction of sp³-hybridized carbons (Fsp3) is 0.